The Kier molecular flexibility index (Phi) is 5.14. The van der Waals surface area contributed by atoms with E-state index >= 15 is 0 Å². The van der Waals surface area contributed by atoms with E-state index in [2.05, 4.69) is 4.98 Å². The summed E-state index contributed by atoms with van der Waals surface area (Å²) in [6, 6.07) is 7.13. The molecular weight excluding hydrogens is 382 g/mol. The lowest BCUT2D eigenvalue weighted by Crippen LogP contribution is -2.47. The van der Waals surface area contributed by atoms with Gasteiger partial charge in [0, 0.05) is 13.0 Å². The minimum Gasteiger partial charge on any atom is -0.744 e. The number of hydrogen-bond donors (Lipinski definition) is 1. The number of aromatic nitrogens is 2. The molecule has 4 rings (SSSR count). The van der Waals surface area contributed by atoms with Crippen molar-refractivity contribution in [3.8, 4) is 11.5 Å². The van der Waals surface area contributed by atoms with Crippen molar-refractivity contribution >= 4 is 21.0 Å². The van der Waals surface area contributed by atoms with Crippen molar-refractivity contribution < 1.29 is 27.1 Å². The maximum Gasteiger partial charge on any atom is 0.318 e. The lowest BCUT2D eigenvalue weighted by Gasteiger charge is -2.14. The van der Waals surface area contributed by atoms with Crippen LogP contribution in [0.4, 0.5) is 0 Å². The van der Waals surface area contributed by atoms with Crippen molar-refractivity contribution in [2.45, 2.75) is 32.6 Å². The Balaban J connectivity index is 0.000000163. The zero-order chi connectivity index (χ0) is 20.6. The highest BCUT2D eigenvalue weighted by Crippen LogP contribution is 2.34. The average Bonchev–Trinajstić information content (AvgIpc) is 2.99. The van der Waals surface area contributed by atoms with Crippen molar-refractivity contribution in [3.05, 3.63) is 53.0 Å². The Labute approximate surface area is 163 Å². The Morgan fingerprint density at radius 3 is 2.18 bits per heavy atom. The van der Waals surface area contributed by atoms with Crippen LogP contribution in [0.1, 0.15) is 22.5 Å². The van der Waals surface area contributed by atoms with Gasteiger partial charge in [-0.25, -0.2) is 8.42 Å². The first kappa shape index (κ1) is 19.8. The van der Waals surface area contributed by atoms with Gasteiger partial charge in [-0.2, -0.15) is 0 Å². The minimum atomic E-state index is -4.33. The number of nitrogens with two attached hydrogens (primary N) is 1. The predicted molar refractivity (Wildman–Crippen MR) is 102 cm³/mol. The number of nitrogen functional groups attached to an aromatic ring is 1. The first-order valence-corrected chi connectivity index (χ1v) is 9.88. The second kappa shape index (κ2) is 7.25. The second-order valence-corrected chi connectivity index (χ2v) is 7.96. The van der Waals surface area contributed by atoms with Crippen LogP contribution in [-0.2, 0) is 10.1 Å². The predicted octanol–water partition coefficient (Wildman–Crippen LogP) is 1.79. The number of aryl methyl sites for hydroxylation is 4. The molecule has 0 saturated heterocycles. The number of rotatable bonds is 1. The molecular formula is C19H21N3O5S. The summed E-state index contributed by atoms with van der Waals surface area (Å²) >= 11 is 0. The van der Waals surface area contributed by atoms with Gasteiger partial charge in [-0.05, 0) is 42.9 Å². The van der Waals surface area contributed by atoms with Crippen LogP contribution in [0.3, 0.4) is 0 Å². The van der Waals surface area contributed by atoms with Crippen LogP contribution in [0.2, 0.25) is 0 Å². The largest absolute Gasteiger partial charge is 0.744 e. The van der Waals surface area contributed by atoms with E-state index < -0.39 is 10.1 Å². The third-order valence-electron chi connectivity index (χ3n) is 4.31. The molecule has 28 heavy (non-hydrogen) atoms. The van der Waals surface area contributed by atoms with Gasteiger partial charge < -0.3 is 14.0 Å². The van der Waals surface area contributed by atoms with Crippen LogP contribution >= 0.6 is 0 Å². The molecule has 1 aliphatic rings. The number of ether oxygens (including phenoxy) is 2. The van der Waals surface area contributed by atoms with Gasteiger partial charge in [-0.15, -0.1) is 4.68 Å². The summed E-state index contributed by atoms with van der Waals surface area (Å²) in [7, 11) is -4.33. The average molecular weight is 403 g/mol. The normalized spacial score (nSPS) is 12.6. The van der Waals surface area contributed by atoms with Gasteiger partial charge >= 0.3 is 5.82 Å². The van der Waals surface area contributed by atoms with E-state index in [1.165, 1.54) is 4.68 Å². The molecule has 3 aromatic rings. The summed E-state index contributed by atoms with van der Waals surface area (Å²) < 4.78 is 44.5. The maximum absolute atomic E-state index is 10.8. The molecule has 0 fully saturated rings. The lowest BCUT2D eigenvalue weighted by atomic mass is 10.1. The molecule has 0 amide bonds. The summed E-state index contributed by atoms with van der Waals surface area (Å²) in [6.45, 7) is 7.24. The summed E-state index contributed by atoms with van der Waals surface area (Å²) in [5.41, 5.74) is 2.86. The molecule has 2 heterocycles. The molecule has 0 aliphatic carbocycles. The standard InChI is InChI=1S/C10H10N3O2.C9H12O3S/c1-6-12-8-3-10-9(14-5-15-10)2-7(8)4-13(6)11;1-6-4-7(2)9(8(3)5-6)13(10,11)12/h2-4H,5,11H2,1H3;4-5H,1-3H3,(H,10,11,12)/q+1;/p-1. The Morgan fingerprint density at radius 1 is 1.04 bits per heavy atom. The Hall–Kier alpha value is -2.91. The molecule has 0 radical (unpaired) electrons. The third-order valence-corrected chi connectivity index (χ3v) is 5.45. The molecule has 0 saturated carbocycles. The quantitative estimate of drug-likeness (QED) is 0.374. The fourth-order valence-electron chi connectivity index (χ4n) is 3.18. The zero-order valence-corrected chi connectivity index (χ0v) is 16.8. The molecule has 1 aromatic heterocycles. The molecule has 0 unspecified atom stereocenters. The number of nitrogens with zero attached hydrogens (tertiary/aromatic N) is 2. The van der Waals surface area contributed by atoms with E-state index in [4.69, 9.17) is 15.3 Å². The van der Waals surface area contributed by atoms with Crippen molar-refractivity contribution in [1.82, 2.24) is 4.98 Å². The number of benzene rings is 2. The van der Waals surface area contributed by atoms with Crippen molar-refractivity contribution in [2.75, 3.05) is 12.6 Å². The van der Waals surface area contributed by atoms with Crippen LogP contribution in [-0.4, -0.2) is 24.7 Å². The molecule has 8 nitrogen and oxygen atoms in total. The zero-order valence-electron chi connectivity index (χ0n) is 16.0. The highest BCUT2D eigenvalue weighted by atomic mass is 32.2. The molecule has 1 aliphatic heterocycles. The van der Waals surface area contributed by atoms with E-state index in [1.54, 1.807) is 26.0 Å². The summed E-state index contributed by atoms with van der Waals surface area (Å²) in [4.78, 5) is 4.27. The Bertz CT molecular complexity index is 1100. The van der Waals surface area contributed by atoms with Gasteiger partial charge in [-0.3, -0.25) is 5.84 Å². The molecule has 2 N–H and O–H groups in total. The van der Waals surface area contributed by atoms with Gasteiger partial charge in [0.15, 0.2) is 17.0 Å². The van der Waals surface area contributed by atoms with Crippen LogP contribution < -0.4 is 20.0 Å². The van der Waals surface area contributed by atoms with Crippen LogP contribution in [0.15, 0.2) is 35.4 Å². The molecule has 2 aromatic carbocycles. The topological polar surface area (TPSA) is 118 Å². The first-order chi connectivity index (χ1) is 13.1. The minimum absolute atomic E-state index is 0.0851. The molecule has 0 atom stereocenters. The Morgan fingerprint density at radius 2 is 1.61 bits per heavy atom. The van der Waals surface area contributed by atoms with Gasteiger partial charge in [0.05, 0.1) is 10.3 Å². The fraction of sp³-hybridized carbons (Fsp3) is 0.263. The van der Waals surface area contributed by atoms with E-state index in [-0.39, 0.29) is 11.7 Å². The molecule has 9 heteroatoms. The lowest BCUT2D eigenvalue weighted by molar-refractivity contribution is -0.647. The van der Waals surface area contributed by atoms with Crippen molar-refractivity contribution in [3.63, 3.8) is 0 Å². The van der Waals surface area contributed by atoms with E-state index in [1.807, 2.05) is 32.2 Å². The van der Waals surface area contributed by atoms with Crippen molar-refractivity contribution in [1.29, 1.82) is 0 Å². The fourth-order valence-corrected chi connectivity index (χ4v) is 4.09. The number of hydrogen-bond acceptors (Lipinski definition) is 7. The third kappa shape index (κ3) is 4.00. The molecule has 0 spiro atoms. The maximum atomic E-state index is 10.8. The van der Waals surface area contributed by atoms with Crippen LogP contribution in [0.25, 0.3) is 10.9 Å². The van der Waals surface area contributed by atoms with Crippen LogP contribution in [0.5, 0.6) is 11.5 Å². The molecule has 0 bridgehead atoms. The summed E-state index contributed by atoms with van der Waals surface area (Å²) in [6.07, 6.45) is 1.82. The highest BCUT2D eigenvalue weighted by Gasteiger charge is 2.18. The van der Waals surface area contributed by atoms with Gasteiger partial charge in [0.2, 0.25) is 6.79 Å². The summed E-state index contributed by atoms with van der Waals surface area (Å²) in [5, 5.41) is 0.937. The monoisotopic (exact) mass is 403 g/mol. The SMILES string of the molecule is Cc1cc(C)c(S(=O)(=O)[O-])c(C)c1.Cc1nc2cc3c(cc2c[n+]1N)OCO3. The number of fused-ring (bicyclic) bond motifs is 2. The smallest absolute Gasteiger partial charge is 0.318 e. The van der Waals surface area contributed by atoms with Crippen LogP contribution in [0, 0.1) is 27.7 Å². The van der Waals surface area contributed by atoms with Gasteiger partial charge in [-0.1, -0.05) is 17.7 Å². The highest BCUT2D eigenvalue weighted by molar-refractivity contribution is 7.85. The van der Waals surface area contributed by atoms with E-state index in [0.29, 0.717) is 11.1 Å². The second-order valence-electron chi connectivity index (χ2n) is 6.64. The van der Waals surface area contributed by atoms with Gasteiger partial charge in [0.1, 0.15) is 16.3 Å². The summed E-state index contributed by atoms with van der Waals surface area (Å²) in [5.74, 6) is 7.95. The van der Waals surface area contributed by atoms with Crippen molar-refractivity contribution in [2.24, 2.45) is 0 Å². The van der Waals surface area contributed by atoms with Gasteiger partial charge in [0.25, 0.3) is 0 Å². The van der Waals surface area contributed by atoms with E-state index in [0.717, 1.165) is 33.8 Å². The molecule has 148 valence electrons. The van der Waals surface area contributed by atoms with E-state index in [9.17, 15) is 13.0 Å². The first-order valence-electron chi connectivity index (χ1n) is 8.48.